The molecule has 1 N–H and O–H groups in total. The van der Waals surface area contributed by atoms with Crippen LogP contribution in [0.5, 0.6) is 0 Å². The SMILES string of the molecule is CCN(CC)[P+]1(N(CC)CC)NCCN1CC. The maximum absolute atomic E-state index is 3.86. The van der Waals surface area contributed by atoms with Crippen LogP contribution >= 0.6 is 7.87 Å². The average Bonchev–Trinajstić information content (AvgIpc) is 2.77. The minimum atomic E-state index is -1.43. The lowest BCUT2D eigenvalue weighted by Crippen LogP contribution is -2.46. The second-order valence-corrected chi connectivity index (χ2v) is 7.45. The van der Waals surface area contributed by atoms with Crippen molar-refractivity contribution in [3.05, 3.63) is 0 Å². The Labute approximate surface area is 108 Å². The third-order valence-corrected chi connectivity index (χ3v) is 8.33. The molecule has 1 fully saturated rings. The fourth-order valence-corrected chi connectivity index (χ4v) is 7.32. The van der Waals surface area contributed by atoms with Gasteiger partial charge in [0, 0.05) is 32.7 Å². The molecule has 5 heteroatoms. The predicted molar refractivity (Wildman–Crippen MR) is 78.0 cm³/mol. The number of hydrogen-bond acceptors (Lipinski definition) is 4. The Morgan fingerprint density at radius 1 is 0.941 bits per heavy atom. The van der Waals surface area contributed by atoms with Crippen LogP contribution in [0.4, 0.5) is 0 Å². The van der Waals surface area contributed by atoms with Crippen molar-refractivity contribution in [2.45, 2.75) is 34.6 Å². The lowest BCUT2D eigenvalue weighted by atomic mass is 10.6. The lowest BCUT2D eigenvalue weighted by Gasteiger charge is -2.41. The topological polar surface area (TPSA) is 21.8 Å². The summed E-state index contributed by atoms with van der Waals surface area (Å²) < 4.78 is 7.97. The van der Waals surface area contributed by atoms with E-state index in [1.165, 1.54) is 6.54 Å². The standard InChI is InChI=1S/C12H30N4P/c1-6-14(7-2)17(15(8-3)9-4)13-11-12-16(17)10-5/h13H,6-12H2,1-5H3/q+1. The van der Waals surface area contributed by atoms with Crippen molar-refractivity contribution in [3.63, 3.8) is 0 Å². The third-order valence-electron chi connectivity index (χ3n) is 3.70. The van der Waals surface area contributed by atoms with E-state index < -0.39 is 7.87 Å². The minimum absolute atomic E-state index is 1.13. The number of nitrogens with zero attached hydrogens (tertiary/aromatic N) is 3. The van der Waals surface area contributed by atoms with E-state index in [9.17, 15) is 0 Å². The summed E-state index contributed by atoms with van der Waals surface area (Å²) in [4.78, 5) is 0. The highest BCUT2D eigenvalue weighted by Crippen LogP contribution is 2.65. The average molecular weight is 261 g/mol. The molecule has 0 aromatic carbocycles. The van der Waals surface area contributed by atoms with Gasteiger partial charge in [-0.3, -0.25) is 0 Å². The summed E-state index contributed by atoms with van der Waals surface area (Å²) in [6.07, 6.45) is 0. The van der Waals surface area contributed by atoms with E-state index in [4.69, 9.17) is 0 Å². The van der Waals surface area contributed by atoms with E-state index in [0.717, 1.165) is 39.3 Å². The Morgan fingerprint density at radius 2 is 1.41 bits per heavy atom. The van der Waals surface area contributed by atoms with Crippen LogP contribution in [0.25, 0.3) is 0 Å². The monoisotopic (exact) mass is 261 g/mol. The molecule has 1 heterocycles. The smallest absolute Gasteiger partial charge is 0.144 e. The first-order valence-electron chi connectivity index (χ1n) is 7.11. The summed E-state index contributed by atoms with van der Waals surface area (Å²) in [5.41, 5.74) is 0. The van der Waals surface area contributed by atoms with Gasteiger partial charge in [0.2, 0.25) is 0 Å². The molecule has 0 saturated carbocycles. The molecule has 1 saturated heterocycles. The summed E-state index contributed by atoms with van der Waals surface area (Å²) in [7, 11) is -1.43. The van der Waals surface area contributed by atoms with Crippen LogP contribution in [0.3, 0.4) is 0 Å². The third kappa shape index (κ3) is 2.66. The van der Waals surface area contributed by atoms with Gasteiger partial charge in [-0.2, -0.15) is 0 Å². The molecule has 102 valence electrons. The number of likely N-dealkylation sites (N-methyl/N-ethyl adjacent to an activating group) is 1. The summed E-state index contributed by atoms with van der Waals surface area (Å²) in [6.45, 7) is 19.4. The van der Waals surface area contributed by atoms with Gasteiger partial charge in [-0.15, -0.1) is 19.1 Å². The zero-order valence-corrected chi connectivity index (χ0v) is 13.1. The minimum Gasteiger partial charge on any atom is -0.144 e. The van der Waals surface area contributed by atoms with Crippen LogP contribution in [-0.2, 0) is 0 Å². The Kier molecular flexibility index (Phi) is 6.32. The van der Waals surface area contributed by atoms with Gasteiger partial charge in [-0.25, -0.2) is 0 Å². The van der Waals surface area contributed by atoms with Crippen LogP contribution in [-0.4, -0.2) is 59.8 Å². The molecular formula is C12H30N4P+. The first kappa shape index (κ1) is 15.3. The molecular weight excluding hydrogens is 231 g/mol. The Bertz CT molecular complexity index is 205. The molecule has 0 radical (unpaired) electrons. The number of hydrogen-bond donors (Lipinski definition) is 1. The summed E-state index contributed by atoms with van der Waals surface area (Å²) in [5, 5.41) is 3.86. The van der Waals surface area contributed by atoms with Crippen molar-refractivity contribution in [1.82, 2.24) is 19.1 Å². The second kappa shape index (κ2) is 7.01. The van der Waals surface area contributed by atoms with Gasteiger partial charge in [0.05, 0.1) is 13.1 Å². The maximum Gasteiger partial charge on any atom is 0.306 e. The van der Waals surface area contributed by atoms with E-state index in [2.05, 4.69) is 53.7 Å². The number of rotatable bonds is 7. The lowest BCUT2D eigenvalue weighted by molar-refractivity contribution is 0.343. The van der Waals surface area contributed by atoms with Crippen molar-refractivity contribution in [1.29, 1.82) is 0 Å². The van der Waals surface area contributed by atoms with Crippen molar-refractivity contribution in [2.75, 3.05) is 45.8 Å². The highest BCUT2D eigenvalue weighted by Gasteiger charge is 2.57. The molecule has 17 heavy (non-hydrogen) atoms. The van der Waals surface area contributed by atoms with E-state index in [-0.39, 0.29) is 0 Å². The second-order valence-electron chi connectivity index (χ2n) is 4.30. The van der Waals surface area contributed by atoms with E-state index >= 15 is 0 Å². The molecule has 0 bridgehead atoms. The maximum atomic E-state index is 3.86. The van der Waals surface area contributed by atoms with Crippen molar-refractivity contribution in [3.8, 4) is 0 Å². The fraction of sp³-hybridized carbons (Fsp3) is 1.00. The normalized spacial score (nSPS) is 20.6. The van der Waals surface area contributed by atoms with Gasteiger partial charge in [-0.1, -0.05) is 0 Å². The summed E-state index contributed by atoms with van der Waals surface area (Å²) in [6, 6.07) is 0. The van der Waals surface area contributed by atoms with E-state index in [1.54, 1.807) is 0 Å². The molecule has 0 unspecified atom stereocenters. The predicted octanol–water partition coefficient (Wildman–Crippen LogP) is 2.27. The van der Waals surface area contributed by atoms with Crippen LogP contribution < -0.4 is 5.09 Å². The van der Waals surface area contributed by atoms with Crippen LogP contribution in [0.1, 0.15) is 34.6 Å². The molecule has 0 aliphatic carbocycles. The van der Waals surface area contributed by atoms with Gasteiger partial charge >= 0.3 is 7.87 Å². The molecule has 1 aliphatic rings. The van der Waals surface area contributed by atoms with E-state index in [1.807, 2.05) is 0 Å². The first-order valence-corrected chi connectivity index (χ1v) is 8.76. The number of nitrogens with one attached hydrogen (secondary N) is 1. The summed E-state index contributed by atoms with van der Waals surface area (Å²) >= 11 is 0. The highest BCUT2D eigenvalue weighted by atomic mass is 31.2. The van der Waals surface area contributed by atoms with Crippen molar-refractivity contribution >= 4 is 7.87 Å². The Hall–Kier alpha value is 0.270. The van der Waals surface area contributed by atoms with Crippen LogP contribution in [0.15, 0.2) is 0 Å². The quantitative estimate of drug-likeness (QED) is 0.710. The Balaban J connectivity index is 3.05. The molecule has 0 amide bonds. The molecule has 1 aliphatic heterocycles. The van der Waals surface area contributed by atoms with Gasteiger partial charge in [0.25, 0.3) is 0 Å². The molecule has 1 rings (SSSR count). The molecule has 4 nitrogen and oxygen atoms in total. The Morgan fingerprint density at radius 3 is 1.76 bits per heavy atom. The molecule has 0 aromatic heterocycles. The van der Waals surface area contributed by atoms with E-state index in [0.29, 0.717) is 0 Å². The zero-order valence-electron chi connectivity index (χ0n) is 12.2. The van der Waals surface area contributed by atoms with Crippen molar-refractivity contribution < 1.29 is 0 Å². The zero-order chi connectivity index (χ0) is 12.9. The van der Waals surface area contributed by atoms with Gasteiger partial charge < -0.3 is 0 Å². The largest absolute Gasteiger partial charge is 0.306 e. The summed E-state index contributed by atoms with van der Waals surface area (Å²) in [5.74, 6) is 0. The molecule has 0 spiro atoms. The van der Waals surface area contributed by atoms with Crippen LogP contribution in [0.2, 0.25) is 0 Å². The van der Waals surface area contributed by atoms with Gasteiger partial charge in [0.1, 0.15) is 0 Å². The van der Waals surface area contributed by atoms with Crippen LogP contribution in [0, 0.1) is 0 Å². The molecule has 0 atom stereocenters. The molecule has 0 aromatic rings. The van der Waals surface area contributed by atoms with Gasteiger partial charge in [0.15, 0.2) is 0 Å². The van der Waals surface area contributed by atoms with Gasteiger partial charge in [-0.05, 0) is 34.6 Å². The highest BCUT2D eigenvalue weighted by molar-refractivity contribution is 7.67. The fourth-order valence-electron chi connectivity index (χ4n) is 2.90. The first-order chi connectivity index (χ1) is 8.20. The van der Waals surface area contributed by atoms with Crippen molar-refractivity contribution in [2.24, 2.45) is 0 Å².